The highest BCUT2D eigenvalue weighted by atomic mass is 32.2. The summed E-state index contributed by atoms with van der Waals surface area (Å²) in [7, 11) is -3.23. The Hall–Kier alpha value is -1.19. The molecule has 1 aromatic carbocycles. The molecule has 122 valence electrons. The summed E-state index contributed by atoms with van der Waals surface area (Å²) in [6.07, 6.45) is 1.14. The van der Waals surface area contributed by atoms with Crippen LogP contribution in [0.5, 0.6) is 0 Å². The van der Waals surface area contributed by atoms with Crippen LogP contribution >= 0.6 is 11.8 Å². The first-order valence-electron chi connectivity index (χ1n) is 6.58. The molecule has 0 bridgehead atoms. The van der Waals surface area contributed by atoms with E-state index in [1.54, 1.807) is 4.90 Å². The molecule has 1 fully saturated rings. The summed E-state index contributed by atoms with van der Waals surface area (Å²) in [6.45, 7) is 1.23. The molecule has 5 nitrogen and oxygen atoms in total. The lowest BCUT2D eigenvalue weighted by Gasteiger charge is -2.33. The van der Waals surface area contributed by atoms with Gasteiger partial charge in [0, 0.05) is 31.1 Å². The number of carbonyl (C=O) groups excluding carboxylic acids is 1. The molecule has 0 spiro atoms. The fourth-order valence-electron chi connectivity index (χ4n) is 2.07. The lowest BCUT2D eigenvalue weighted by atomic mass is 10.3. The molecule has 1 amide bonds. The van der Waals surface area contributed by atoms with Crippen LogP contribution in [0.3, 0.4) is 0 Å². The lowest BCUT2D eigenvalue weighted by Crippen LogP contribution is -2.50. The minimum absolute atomic E-state index is 0.101. The van der Waals surface area contributed by atoms with Crippen molar-refractivity contribution in [3.05, 3.63) is 29.8 Å². The van der Waals surface area contributed by atoms with Crippen molar-refractivity contribution in [3.63, 3.8) is 0 Å². The van der Waals surface area contributed by atoms with Gasteiger partial charge in [-0.05, 0) is 18.2 Å². The van der Waals surface area contributed by atoms with Crippen LogP contribution in [0.15, 0.2) is 23.1 Å². The summed E-state index contributed by atoms with van der Waals surface area (Å²) in [4.78, 5) is 14.1. The number of piperazine rings is 1. The molecule has 0 N–H and O–H groups in total. The number of nitrogens with zero attached hydrogens (tertiary/aromatic N) is 2. The van der Waals surface area contributed by atoms with Crippen LogP contribution in [-0.4, -0.2) is 61.7 Å². The Labute approximate surface area is 132 Å². The summed E-state index contributed by atoms with van der Waals surface area (Å²) in [5.74, 6) is -1.92. The van der Waals surface area contributed by atoms with Gasteiger partial charge < -0.3 is 4.90 Å². The molecule has 0 aliphatic carbocycles. The molecule has 1 aromatic rings. The predicted octanol–water partition coefficient (Wildman–Crippen LogP) is 1.16. The molecule has 9 heteroatoms. The van der Waals surface area contributed by atoms with Gasteiger partial charge in [0.15, 0.2) is 11.6 Å². The maximum absolute atomic E-state index is 13.1. The Balaban J connectivity index is 1.85. The second-order valence-corrected chi connectivity index (χ2v) is 7.94. The van der Waals surface area contributed by atoms with Gasteiger partial charge in [-0.2, -0.15) is 4.31 Å². The Bertz CT molecular complexity index is 659. The number of rotatable bonds is 4. The molecule has 0 aromatic heterocycles. The highest BCUT2D eigenvalue weighted by Crippen LogP contribution is 2.21. The fraction of sp³-hybridized carbons (Fsp3) is 0.462. The van der Waals surface area contributed by atoms with Crippen molar-refractivity contribution in [1.29, 1.82) is 0 Å². The van der Waals surface area contributed by atoms with Crippen LogP contribution in [0.25, 0.3) is 0 Å². The SMILES string of the molecule is CS(=O)(=O)N1CCN(C(=O)CSc2ccc(F)c(F)c2)CC1. The molecule has 0 atom stereocenters. The second-order valence-electron chi connectivity index (χ2n) is 4.91. The third-order valence-corrected chi connectivity index (χ3v) is 5.60. The van der Waals surface area contributed by atoms with E-state index in [4.69, 9.17) is 0 Å². The minimum atomic E-state index is -3.23. The maximum Gasteiger partial charge on any atom is 0.233 e. The zero-order valence-electron chi connectivity index (χ0n) is 12.0. The number of amides is 1. The fourth-order valence-corrected chi connectivity index (χ4v) is 3.72. The van der Waals surface area contributed by atoms with E-state index in [-0.39, 0.29) is 24.7 Å². The van der Waals surface area contributed by atoms with Gasteiger partial charge in [0.05, 0.1) is 12.0 Å². The topological polar surface area (TPSA) is 57.7 Å². The average Bonchev–Trinajstić information content (AvgIpc) is 2.47. The smallest absolute Gasteiger partial charge is 0.233 e. The van der Waals surface area contributed by atoms with E-state index in [0.717, 1.165) is 30.2 Å². The second kappa shape index (κ2) is 6.93. The van der Waals surface area contributed by atoms with Crippen molar-refractivity contribution in [1.82, 2.24) is 9.21 Å². The molecule has 1 heterocycles. The summed E-state index contributed by atoms with van der Waals surface area (Å²) in [5, 5.41) is 0. The van der Waals surface area contributed by atoms with Gasteiger partial charge >= 0.3 is 0 Å². The van der Waals surface area contributed by atoms with Crippen LogP contribution in [0.2, 0.25) is 0 Å². The van der Waals surface area contributed by atoms with Crippen LogP contribution in [0.4, 0.5) is 8.78 Å². The zero-order chi connectivity index (χ0) is 16.3. The van der Waals surface area contributed by atoms with Crippen molar-refractivity contribution in [2.75, 3.05) is 38.2 Å². The van der Waals surface area contributed by atoms with Gasteiger partial charge in [-0.1, -0.05) is 0 Å². The van der Waals surface area contributed by atoms with Crippen LogP contribution in [0, 0.1) is 11.6 Å². The molecule has 2 rings (SSSR count). The van der Waals surface area contributed by atoms with Crippen LogP contribution in [-0.2, 0) is 14.8 Å². The predicted molar refractivity (Wildman–Crippen MR) is 80.1 cm³/mol. The number of halogens is 2. The van der Waals surface area contributed by atoms with Crippen molar-refractivity contribution >= 4 is 27.7 Å². The average molecular weight is 350 g/mol. The van der Waals surface area contributed by atoms with Gasteiger partial charge in [-0.3, -0.25) is 4.79 Å². The summed E-state index contributed by atoms with van der Waals surface area (Å²) in [6, 6.07) is 3.49. The van der Waals surface area contributed by atoms with Crippen molar-refractivity contribution in [3.8, 4) is 0 Å². The number of sulfonamides is 1. The summed E-state index contributed by atoms with van der Waals surface area (Å²) in [5.41, 5.74) is 0. The van der Waals surface area contributed by atoms with E-state index in [1.165, 1.54) is 10.4 Å². The van der Waals surface area contributed by atoms with Crippen molar-refractivity contribution in [2.45, 2.75) is 4.90 Å². The van der Waals surface area contributed by atoms with Gasteiger partial charge in [0.2, 0.25) is 15.9 Å². The monoisotopic (exact) mass is 350 g/mol. The van der Waals surface area contributed by atoms with Crippen molar-refractivity contribution in [2.24, 2.45) is 0 Å². The van der Waals surface area contributed by atoms with Gasteiger partial charge in [-0.25, -0.2) is 17.2 Å². The van der Waals surface area contributed by atoms with Crippen LogP contribution in [0.1, 0.15) is 0 Å². The highest BCUT2D eigenvalue weighted by Gasteiger charge is 2.25. The van der Waals surface area contributed by atoms with Gasteiger partial charge in [0.25, 0.3) is 0 Å². The largest absolute Gasteiger partial charge is 0.339 e. The molecule has 0 radical (unpaired) electrons. The Morgan fingerprint density at radius 2 is 1.82 bits per heavy atom. The highest BCUT2D eigenvalue weighted by molar-refractivity contribution is 8.00. The number of benzene rings is 1. The molecular formula is C13H16F2N2O3S2. The maximum atomic E-state index is 13.1. The third kappa shape index (κ3) is 4.40. The molecule has 22 heavy (non-hydrogen) atoms. The normalized spacial score (nSPS) is 16.8. The Kier molecular flexibility index (Phi) is 5.41. The first kappa shape index (κ1) is 17.2. The quantitative estimate of drug-likeness (QED) is 0.765. The van der Waals surface area contributed by atoms with Crippen molar-refractivity contribution < 1.29 is 22.0 Å². The Morgan fingerprint density at radius 1 is 1.18 bits per heavy atom. The van der Waals surface area contributed by atoms with Gasteiger partial charge in [-0.15, -0.1) is 11.8 Å². The molecular weight excluding hydrogens is 334 g/mol. The summed E-state index contributed by atoms with van der Waals surface area (Å²) < 4.78 is 50.0. The van der Waals surface area contributed by atoms with E-state index in [0.29, 0.717) is 18.0 Å². The standard InChI is InChI=1S/C13H16F2N2O3S2/c1-22(19,20)17-6-4-16(5-7-17)13(18)9-21-10-2-3-11(14)12(15)8-10/h2-3,8H,4-7,9H2,1H3. The number of carbonyl (C=O) groups is 1. The van der Waals surface area contributed by atoms with E-state index < -0.39 is 21.7 Å². The van der Waals surface area contributed by atoms with E-state index in [2.05, 4.69) is 0 Å². The van der Waals surface area contributed by atoms with E-state index in [9.17, 15) is 22.0 Å². The number of hydrogen-bond donors (Lipinski definition) is 0. The first-order chi connectivity index (χ1) is 10.3. The summed E-state index contributed by atoms with van der Waals surface area (Å²) >= 11 is 1.12. The van der Waals surface area contributed by atoms with E-state index in [1.807, 2.05) is 0 Å². The minimum Gasteiger partial charge on any atom is -0.339 e. The van der Waals surface area contributed by atoms with E-state index >= 15 is 0 Å². The van der Waals surface area contributed by atoms with Gasteiger partial charge in [0.1, 0.15) is 0 Å². The first-order valence-corrected chi connectivity index (χ1v) is 9.41. The third-order valence-electron chi connectivity index (χ3n) is 3.31. The Morgan fingerprint density at radius 3 is 2.36 bits per heavy atom. The molecule has 0 unspecified atom stereocenters. The number of hydrogen-bond acceptors (Lipinski definition) is 4. The molecule has 1 saturated heterocycles. The number of thioether (sulfide) groups is 1. The molecule has 0 saturated carbocycles. The lowest BCUT2D eigenvalue weighted by molar-refractivity contribution is -0.129. The van der Waals surface area contributed by atoms with Crippen LogP contribution < -0.4 is 0 Å². The zero-order valence-corrected chi connectivity index (χ0v) is 13.6. The molecule has 1 aliphatic rings. The molecule has 1 aliphatic heterocycles.